The van der Waals surface area contributed by atoms with Crippen molar-refractivity contribution in [3.8, 4) is 5.75 Å². The fraction of sp³-hybridized carbons (Fsp3) is 0.389. The van der Waals surface area contributed by atoms with Gasteiger partial charge < -0.3 is 24.9 Å². The predicted molar refractivity (Wildman–Crippen MR) is 93.2 cm³/mol. The lowest BCUT2D eigenvalue weighted by atomic mass is 10.1. The first-order valence-electron chi connectivity index (χ1n) is 8.04. The van der Waals surface area contributed by atoms with Crippen LogP contribution >= 0.6 is 0 Å². The average Bonchev–Trinajstić information content (AvgIpc) is 3.01. The summed E-state index contributed by atoms with van der Waals surface area (Å²) in [4.78, 5) is 39.1. The van der Waals surface area contributed by atoms with Crippen LogP contribution in [0.15, 0.2) is 18.2 Å². The number of fused-ring (bicyclic) bond motifs is 1. The first-order chi connectivity index (χ1) is 12.2. The molecule has 26 heavy (non-hydrogen) atoms. The van der Waals surface area contributed by atoms with Crippen LogP contribution in [-0.2, 0) is 14.3 Å². The quantitative estimate of drug-likeness (QED) is 0.704. The molecule has 0 aliphatic heterocycles. The Hall–Kier alpha value is -3.03. The lowest BCUT2D eigenvalue weighted by Crippen LogP contribution is -2.19. The first kappa shape index (κ1) is 17.8. The van der Waals surface area contributed by atoms with Gasteiger partial charge in [-0.25, -0.2) is 4.79 Å². The standard InChI is InChI=1S/C18H20N2O6/c1-18(2)11(12(18)16(22)23)15(21)20-13-10-8(6-5-7-9(10)25-3)19-14(13)17(24)26-4/h5-7,11-12,19H,1-4H3,(H,20,21)(H,22,23)/t11-,12-/m0/s1. The van der Waals surface area contributed by atoms with Gasteiger partial charge in [0.25, 0.3) is 0 Å². The van der Waals surface area contributed by atoms with Crippen molar-refractivity contribution < 1.29 is 29.0 Å². The van der Waals surface area contributed by atoms with Crippen LogP contribution in [0.25, 0.3) is 10.9 Å². The van der Waals surface area contributed by atoms with Gasteiger partial charge in [0.2, 0.25) is 5.91 Å². The molecule has 2 aromatic rings. The van der Waals surface area contributed by atoms with Crippen LogP contribution < -0.4 is 10.1 Å². The maximum atomic E-state index is 12.7. The number of methoxy groups -OCH3 is 2. The number of aliphatic carboxylic acids is 1. The highest BCUT2D eigenvalue weighted by molar-refractivity contribution is 6.14. The Morgan fingerprint density at radius 1 is 1.19 bits per heavy atom. The Kier molecular flexibility index (Phi) is 4.14. The van der Waals surface area contributed by atoms with Gasteiger partial charge in [-0.1, -0.05) is 19.9 Å². The van der Waals surface area contributed by atoms with Gasteiger partial charge in [0.05, 0.1) is 42.6 Å². The fourth-order valence-corrected chi connectivity index (χ4v) is 3.55. The molecule has 1 fully saturated rings. The largest absolute Gasteiger partial charge is 0.496 e. The number of H-pyrrole nitrogens is 1. The molecule has 1 aromatic heterocycles. The summed E-state index contributed by atoms with van der Waals surface area (Å²) in [5.41, 5.74) is 0.231. The first-order valence-corrected chi connectivity index (χ1v) is 8.04. The molecule has 8 heteroatoms. The van der Waals surface area contributed by atoms with Gasteiger partial charge in [-0.15, -0.1) is 0 Å². The van der Waals surface area contributed by atoms with Gasteiger partial charge in [0.15, 0.2) is 0 Å². The number of ether oxygens (including phenoxy) is 2. The van der Waals surface area contributed by atoms with Crippen molar-refractivity contribution in [1.29, 1.82) is 0 Å². The van der Waals surface area contributed by atoms with E-state index >= 15 is 0 Å². The highest BCUT2D eigenvalue weighted by Crippen LogP contribution is 2.58. The van der Waals surface area contributed by atoms with E-state index in [9.17, 15) is 19.5 Å². The van der Waals surface area contributed by atoms with Gasteiger partial charge in [-0.2, -0.15) is 0 Å². The van der Waals surface area contributed by atoms with Gasteiger partial charge in [0, 0.05) is 0 Å². The summed E-state index contributed by atoms with van der Waals surface area (Å²) in [5, 5.41) is 12.5. The molecule has 0 spiro atoms. The molecule has 138 valence electrons. The third kappa shape index (κ3) is 2.58. The van der Waals surface area contributed by atoms with E-state index in [-0.39, 0.29) is 11.4 Å². The number of carboxylic acids is 1. The fourth-order valence-electron chi connectivity index (χ4n) is 3.55. The van der Waals surface area contributed by atoms with Crippen molar-refractivity contribution in [1.82, 2.24) is 4.98 Å². The van der Waals surface area contributed by atoms with Crippen LogP contribution in [-0.4, -0.2) is 42.2 Å². The molecule has 0 bridgehead atoms. The van der Waals surface area contributed by atoms with E-state index in [2.05, 4.69) is 10.3 Å². The van der Waals surface area contributed by atoms with Crippen molar-refractivity contribution in [3.05, 3.63) is 23.9 Å². The second-order valence-corrected chi connectivity index (χ2v) is 6.85. The number of nitrogens with one attached hydrogen (secondary N) is 2. The maximum absolute atomic E-state index is 12.7. The number of aromatic nitrogens is 1. The highest BCUT2D eigenvalue weighted by atomic mass is 16.5. The summed E-state index contributed by atoms with van der Waals surface area (Å²) in [7, 11) is 2.72. The van der Waals surface area contributed by atoms with Gasteiger partial charge in [0.1, 0.15) is 11.4 Å². The number of benzene rings is 1. The average molecular weight is 360 g/mol. The topological polar surface area (TPSA) is 118 Å². The number of esters is 1. The molecule has 0 radical (unpaired) electrons. The summed E-state index contributed by atoms with van der Waals surface area (Å²) in [5.74, 6) is -3.11. The number of amides is 1. The van der Waals surface area contributed by atoms with E-state index in [1.165, 1.54) is 14.2 Å². The Morgan fingerprint density at radius 3 is 2.42 bits per heavy atom. The zero-order valence-corrected chi connectivity index (χ0v) is 14.9. The summed E-state index contributed by atoms with van der Waals surface area (Å²) >= 11 is 0. The zero-order valence-electron chi connectivity index (χ0n) is 14.9. The van der Waals surface area contributed by atoms with Crippen LogP contribution in [0.3, 0.4) is 0 Å². The van der Waals surface area contributed by atoms with E-state index in [0.717, 1.165) is 0 Å². The summed E-state index contributed by atoms with van der Waals surface area (Å²) in [6.07, 6.45) is 0. The van der Waals surface area contributed by atoms with E-state index in [4.69, 9.17) is 9.47 Å². The molecule has 8 nitrogen and oxygen atoms in total. The van der Waals surface area contributed by atoms with Crippen LogP contribution in [0.1, 0.15) is 24.3 Å². The molecule has 1 aliphatic rings. The molecule has 1 aromatic carbocycles. The number of carbonyl (C=O) groups is 3. The van der Waals surface area contributed by atoms with E-state index in [1.54, 1.807) is 32.0 Å². The Morgan fingerprint density at radius 2 is 1.88 bits per heavy atom. The summed E-state index contributed by atoms with van der Waals surface area (Å²) in [6, 6.07) is 5.18. The molecule has 0 unspecified atom stereocenters. The van der Waals surface area contributed by atoms with Crippen LogP contribution in [0, 0.1) is 17.3 Å². The minimum Gasteiger partial charge on any atom is -0.496 e. The molecule has 1 amide bonds. The summed E-state index contributed by atoms with van der Waals surface area (Å²) in [6.45, 7) is 3.46. The van der Waals surface area contributed by atoms with Crippen LogP contribution in [0.2, 0.25) is 0 Å². The second kappa shape index (κ2) is 6.05. The number of hydrogen-bond acceptors (Lipinski definition) is 5. The Balaban J connectivity index is 2.05. The molecule has 1 saturated carbocycles. The van der Waals surface area contributed by atoms with Crippen LogP contribution in [0.5, 0.6) is 5.75 Å². The number of hydrogen-bond donors (Lipinski definition) is 3. The van der Waals surface area contributed by atoms with Crippen molar-refractivity contribution in [2.45, 2.75) is 13.8 Å². The van der Waals surface area contributed by atoms with Crippen molar-refractivity contribution >= 4 is 34.4 Å². The van der Waals surface area contributed by atoms with Crippen molar-refractivity contribution in [2.75, 3.05) is 19.5 Å². The van der Waals surface area contributed by atoms with E-state index in [1.807, 2.05) is 0 Å². The zero-order chi connectivity index (χ0) is 19.2. The number of rotatable bonds is 5. The third-order valence-corrected chi connectivity index (χ3v) is 5.02. The van der Waals surface area contributed by atoms with Gasteiger partial charge >= 0.3 is 11.9 Å². The molecule has 0 saturated heterocycles. The maximum Gasteiger partial charge on any atom is 0.356 e. The number of carbonyl (C=O) groups excluding carboxylic acids is 2. The predicted octanol–water partition coefficient (Wildman–Crippen LogP) is 2.26. The SMILES string of the molecule is COC(=O)c1[nH]c2cccc(OC)c2c1NC(=O)[C@@H]1[C@@H](C(=O)O)C1(C)C. The normalized spacial score (nSPS) is 20.5. The number of anilines is 1. The molecule has 3 N–H and O–H groups in total. The van der Waals surface area contributed by atoms with Gasteiger partial charge in [-0.05, 0) is 17.5 Å². The van der Waals surface area contributed by atoms with E-state index in [0.29, 0.717) is 16.7 Å². The van der Waals surface area contributed by atoms with Crippen molar-refractivity contribution in [2.24, 2.45) is 17.3 Å². The van der Waals surface area contributed by atoms with Gasteiger partial charge in [-0.3, -0.25) is 9.59 Å². The molecule has 1 aliphatic carbocycles. The minimum atomic E-state index is -1.01. The second-order valence-electron chi connectivity index (χ2n) is 6.85. The Labute approximate surface area is 149 Å². The molecule has 3 rings (SSSR count). The Bertz CT molecular complexity index is 914. The monoisotopic (exact) mass is 360 g/mol. The molecule has 2 atom stereocenters. The smallest absolute Gasteiger partial charge is 0.356 e. The lowest BCUT2D eigenvalue weighted by molar-refractivity contribution is -0.140. The van der Waals surface area contributed by atoms with Crippen LogP contribution in [0.4, 0.5) is 5.69 Å². The van der Waals surface area contributed by atoms with Crippen molar-refractivity contribution in [3.63, 3.8) is 0 Å². The number of aromatic amines is 1. The molecule has 1 heterocycles. The third-order valence-electron chi connectivity index (χ3n) is 5.02. The molecular formula is C18H20N2O6. The summed E-state index contributed by atoms with van der Waals surface area (Å²) < 4.78 is 10.1. The lowest BCUT2D eigenvalue weighted by Gasteiger charge is -2.09. The van der Waals surface area contributed by atoms with E-state index < -0.39 is 35.1 Å². The highest BCUT2D eigenvalue weighted by Gasteiger charge is 2.66. The minimum absolute atomic E-state index is 0.0747. The molecular weight excluding hydrogens is 340 g/mol. The number of carboxylic acid groups (broad SMARTS) is 1.